The Morgan fingerprint density at radius 1 is 0.963 bits per heavy atom. The first-order valence-electron chi connectivity index (χ1n) is 7.88. The van der Waals surface area contributed by atoms with Crippen molar-refractivity contribution in [2.75, 3.05) is 17.7 Å². The number of methoxy groups -OCH3 is 1. The van der Waals surface area contributed by atoms with Gasteiger partial charge in [-0.2, -0.15) is 0 Å². The van der Waals surface area contributed by atoms with Gasteiger partial charge in [0, 0.05) is 11.3 Å². The minimum absolute atomic E-state index is 0.135. The Morgan fingerprint density at radius 2 is 1.67 bits per heavy atom. The van der Waals surface area contributed by atoms with Gasteiger partial charge in [0.2, 0.25) is 11.8 Å². The van der Waals surface area contributed by atoms with Crippen LogP contribution in [0.25, 0.3) is 0 Å². The number of benzene rings is 2. The molecule has 8 heteroatoms. The number of amides is 2. The van der Waals surface area contributed by atoms with Gasteiger partial charge in [-0.3, -0.25) is 14.4 Å². The second kappa shape index (κ2) is 8.95. The van der Waals surface area contributed by atoms with Crippen molar-refractivity contribution >= 4 is 46.5 Å². The monoisotopic (exact) mass is 388 g/mol. The summed E-state index contributed by atoms with van der Waals surface area (Å²) in [6, 6.07) is 10.6. The van der Waals surface area contributed by atoms with Gasteiger partial charge in [-0.15, -0.1) is 0 Å². The van der Waals surface area contributed by atoms with E-state index in [2.05, 4.69) is 15.4 Å². The van der Waals surface area contributed by atoms with Crippen molar-refractivity contribution in [3.05, 3.63) is 58.6 Å². The molecule has 0 aliphatic heterocycles. The molecule has 0 radical (unpaired) electrons. The Kier molecular flexibility index (Phi) is 6.67. The second-order valence-electron chi connectivity index (χ2n) is 5.60. The number of rotatable bonds is 6. The summed E-state index contributed by atoms with van der Waals surface area (Å²) in [6.45, 7) is 1.42. The average Bonchev–Trinajstić information content (AvgIpc) is 2.62. The van der Waals surface area contributed by atoms with Gasteiger partial charge < -0.3 is 15.4 Å². The van der Waals surface area contributed by atoms with Gasteiger partial charge in [-0.25, -0.2) is 4.79 Å². The summed E-state index contributed by atoms with van der Waals surface area (Å²) in [4.78, 5) is 47.1. The zero-order chi connectivity index (χ0) is 20.0. The molecule has 0 aliphatic carbocycles. The Labute approximate surface area is 160 Å². The molecule has 2 aromatic rings. The van der Waals surface area contributed by atoms with Gasteiger partial charge in [-0.05, 0) is 37.3 Å². The maximum atomic E-state index is 12.1. The smallest absolute Gasteiger partial charge is 0.337 e. The zero-order valence-electron chi connectivity index (χ0n) is 14.7. The lowest BCUT2D eigenvalue weighted by atomic mass is 10.1. The van der Waals surface area contributed by atoms with E-state index in [1.54, 1.807) is 18.2 Å². The number of ketones is 1. The first-order chi connectivity index (χ1) is 12.8. The highest BCUT2D eigenvalue weighted by Crippen LogP contribution is 2.23. The van der Waals surface area contributed by atoms with E-state index in [-0.39, 0.29) is 22.1 Å². The van der Waals surface area contributed by atoms with Crippen molar-refractivity contribution in [1.82, 2.24) is 0 Å². The van der Waals surface area contributed by atoms with Crippen LogP contribution < -0.4 is 10.6 Å². The molecule has 2 aromatic carbocycles. The van der Waals surface area contributed by atoms with E-state index >= 15 is 0 Å². The van der Waals surface area contributed by atoms with Crippen LogP contribution in [0.5, 0.6) is 0 Å². The predicted molar refractivity (Wildman–Crippen MR) is 101 cm³/mol. The van der Waals surface area contributed by atoms with Crippen LogP contribution in [-0.2, 0) is 14.3 Å². The van der Waals surface area contributed by atoms with Crippen LogP contribution in [0, 0.1) is 0 Å². The van der Waals surface area contributed by atoms with Crippen molar-refractivity contribution in [1.29, 1.82) is 0 Å². The molecule has 27 heavy (non-hydrogen) atoms. The second-order valence-corrected chi connectivity index (χ2v) is 6.00. The number of Topliss-reactive ketones (excluding diaryl/α,β-unsaturated/α-hetero) is 1. The van der Waals surface area contributed by atoms with Crippen LogP contribution in [0.1, 0.15) is 34.1 Å². The van der Waals surface area contributed by atoms with Gasteiger partial charge in [0.05, 0.1) is 23.4 Å². The molecule has 2 amide bonds. The third-order valence-corrected chi connectivity index (χ3v) is 3.87. The average molecular weight is 389 g/mol. The van der Waals surface area contributed by atoms with E-state index in [1.165, 1.54) is 38.3 Å². The molecule has 140 valence electrons. The lowest BCUT2D eigenvalue weighted by Gasteiger charge is -2.10. The largest absolute Gasteiger partial charge is 0.465 e. The zero-order valence-corrected chi connectivity index (χ0v) is 15.4. The van der Waals surface area contributed by atoms with Crippen LogP contribution in [0.2, 0.25) is 5.02 Å². The van der Waals surface area contributed by atoms with E-state index in [4.69, 9.17) is 11.6 Å². The number of ether oxygens (including phenoxy) is 1. The van der Waals surface area contributed by atoms with Crippen molar-refractivity contribution in [3.8, 4) is 0 Å². The predicted octanol–water partition coefficient (Wildman–Crippen LogP) is 3.30. The van der Waals surface area contributed by atoms with Crippen LogP contribution in [0.4, 0.5) is 11.4 Å². The Balaban J connectivity index is 2.01. The minimum atomic E-state index is -0.612. The standard InChI is InChI=1S/C19H17ClN2O5/c1-11(23)12-4-3-5-14(8-12)21-17(24)10-18(25)22-16-9-13(19(26)27-2)6-7-15(16)20/h3-9H,10H2,1-2H3,(H,21,24)(H,22,25). The summed E-state index contributed by atoms with van der Waals surface area (Å²) >= 11 is 6.00. The highest BCUT2D eigenvalue weighted by molar-refractivity contribution is 6.34. The molecule has 7 nitrogen and oxygen atoms in total. The van der Waals surface area contributed by atoms with Crippen LogP contribution in [0.3, 0.4) is 0 Å². The van der Waals surface area contributed by atoms with Crippen molar-refractivity contribution in [2.24, 2.45) is 0 Å². The fraction of sp³-hybridized carbons (Fsp3) is 0.158. The number of halogens is 1. The Bertz CT molecular complexity index is 911. The van der Waals surface area contributed by atoms with Crippen LogP contribution in [0.15, 0.2) is 42.5 Å². The van der Waals surface area contributed by atoms with E-state index in [1.807, 2.05) is 0 Å². The number of esters is 1. The maximum Gasteiger partial charge on any atom is 0.337 e. The molecule has 0 heterocycles. The molecule has 0 aromatic heterocycles. The van der Waals surface area contributed by atoms with Crippen LogP contribution in [-0.4, -0.2) is 30.7 Å². The molecule has 0 aliphatic rings. The third kappa shape index (κ3) is 5.65. The fourth-order valence-corrected chi connectivity index (χ4v) is 2.39. The summed E-state index contributed by atoms with van der Waals surface area (Å²) in [5.74, 6) is -1.89. The van der Waals surface area contributed by atoms with Gasteiger partial charge in [0.25, 0.3) is 0 Å². The fourth-order valence-electron chi connectivity index (χ4n) is 2.23. The highest BCUT2D eigenvalue weighted by atomic mass is 35.5. The maximum absolute atomic E-state index is 12.1. The molecule has 0 unspecified atom stereocenters. The first-order valence-corrected chi connectivity index (χ1v) is 8.26. The minimum Gasteiger partial charge on any atom is -0.465 e. The molecule has 0 fully saturated rings. The number of hydrogen-bond acceptors (Lipinski definition) is 5. The molecular weight excluding hydrogens is 372 g/mol. The summed E-state index contributed by atoms with van der Waals surface area (Å²) in [6.07, 6.45) is -0.469. The molecule has 0 saturated carbocycles. The Hall–Kier alpha value is -3.19. The molecule has 0 bridgehead atoms. The van der Waals surface area contributed by atoms with Crippen LogP contribution >= 0.6 is 11.6 Å². The van der Waals surface area contributed by atoms with Crippen molar-refractivity contribution in [3.63, 3.8) is 0 Å². The quantitative estimate of drug-likeness (QED) is 0.449. The molecule has 0 saturated heterocycles. The molecule has 0 spiro atoms. The summed E-state index contributed by atoms with van der Waals surface area (Å²) in [5, 5.41) is 5.24. The number of anilines is 2. The lowest BCUT2D eigenvalue weighted by molar-refractivity contribution is -0.123. The summed E-state index contributed by atoms with van der Waals surface area (Å²) in [7, 11) is 1.24. The van der Waals surface area contributed by atoms with Crippen molar-refractivity contribution < 1.29 is 23.9 Å². The summed E-state index contributed by atoms with van der Waals surface area (Å²) in [5.41, 5.74) is 1.26. The van der Waals surface area contributed by atoms with E-state index in [0.717, 1.165) is 0 Å². The topological polar surface area (TPSA) is 102 Å². The number of carbonyl (C=O) groups excluding carboxylic acids is 4. The van der Waals surface area contributed by atoms with Crippen molar-refractivity contribution in [2.45, 2.75) is 13.3 Å². The normalized spacial score (nSPS) is 10.0. The molecule has 0 atom stereocenters. The third-order valence-electron chi connectivity index (χ3n) is 3.54. The number of carbonyl (C=O) groups is 4. The first kappa shape index (κ1) is 20.1. The van der Waals surface area contributed by atoms with Gasteiger partial charge in [0.1, 0.15) is 6.42 Å². The van der Waals surface area contributed by atoms with Gasteiger partial charge >= 0.3 is 5.97 Å². The number of nitrogens with one attached hydrogen (secondary N) is 2. The van der Waals surface area contributed by atoms with E-state index in [9.17, 15) is 19.2 Å². The summed E-state index contributed by atoms with van der Waals surface area (Å²) < 4.78 is 4.61. The molecule has 2 rings (SSSR count). The lowest BCUT2D eigenvalue weighted by Crippen LogP contribution is -2.21. The molecular formula is C19H17ClN2O5. The van der Waals surface area contributed by atoms with Gasteiger partial charge in [-0.1, -0.05) is 23.7 Å². The van der Waals surface area contributed by atoms with E-state index in [0.29, 0.717) is 11.3 Å². The SMILES string of the molecule is COC(=O)c1ccc(Cl)c(NC(=O)CC(=O)Nc2cccc(C(C)=O)c2)c1. The van der Waals surface area contributed by atoms with Gasteiger partial charge in [0.15, 0.2) is 5.78 Å². The highest BCUT2D eigenvalue weighted by Gasteiger charge is 2.14. The Morgan fingerprint density at radius 3 is 2.33 bits per heavy atom. The van der Waals surface area contributed by atoms with E-state index < -0.39 is 24.2 Å². The molecule has 2 N–H and O–H groups in total. The number of hydrogen-bond donors (Lipinski definition) is 2.